The second-order valence-electron chi connectivity index (χ2n) is 8.41. The Morgan fingerprint density at radius 1 is 1.15 bits per heavy atom. The zero-order valence-corrected chi connectivity index (χ0v) is 20.3. The Balaban J connectivity index is 1.50. The number of benzene rings is 1. The molecule has 1 unspecified atom stereocenters. The Bertz CT molecular complexity index is 1100. The number of nitrogens with one attached hydrogen (secondary N) is 2. The minimum atomic E-state index is 0.241. The molecular formula is C25H31N7OS. The van der Waals surface area contributed by atoms with Crippen LogP contribution in [0.2, 0.25) is 0 Å². The number of aliphatic imine (C=N–C) groups is 1. The van der Waals surface area contributed by atoms with Crippen LogP contribution in [-0.4, -0.2) is 50.2 Å². The van der Waals surface area contributed by atoms with Crippen LogP contribution in [-0.2, 0) is 13.0 Å². The van der Waals surface area contributed by atoms with Gasteiger partial charge in [0, 0.05) is 46.9 Å². The van der Waals surface area contributed by atoms with Gasteiger partial charge in [0.2, 0.25) is 5.95 Å². The summed E-state index contributed by atoms with van der Waals surface area (Å²) < 4.78 is 0. The van der Waals surface area contributed by atoms with E-state index >= 15 is 0 Å². The standard InChI is InChI=1S/C25H31N7OS/c1-17-20(10-13-34-22-7-4-3-6-21(22)26-2)24(31-19-9-8-18(14-19)16-33)32-25(30-17)29-15-23-27-11-5-12-28-23/h3-7,11-12,18-19,33H,2,8-10,13-16H2,1H3,(H2,29,30,31,32)/t18?,19-/m0/s1. The summed E-state index contributed by atoms with van der Waals surface area (Å²) in [6.45, 7) is 6.40. The molecule has 0 spiro atoms. The van der Waals surface area contributed by atoms with Gasteiger partial charge in [-0.15, -0.1) is 11.8 Å². The van der Waals surface area contributed by atoms with Gasteiger partial charge in [-0.3, -0.25) is 4.99 Å². The van der Waals surface area contributed by atoms with Crippen LogP contribution in [0.15, 0.2) is 52.6 Å². The number of hydrogen-bond donors (Lipinski definition) is 3. The highest BCUT2D eigenvalue weighted by atomic mass is 32.2. The normalized spacial score (nSPS) is 17.5. The first-order valence-corrected chi connectivity index (χ1v) is 12.6. The van der Waals surface area contributed by atoms with E-state index in [1.54, 1.807) is 30.2 Å². The number of rotatable bonds is 11. The maximum Gasteiger partial charge on any atom is 0.225 e. The van der Waals surface area contributed by atoms with Gasteiger partial charge in [0.25, 0.3) is 0 Å². The number of nitrogens with zero attached hydrogens (tertiary/aromatic N) is 5. The van der Waals surface area contributed by atoms with Crippen molar-refractivity contribution in [3.63, 3.8) is 0 Å². The van der Waals surface area contributed by atoms with Crippen LogP contribution in [0.4, 0.5) is 17.5 Å². The lowest BCUT2D eigenvalue weighted by Gasteiger charge is -2.19. The third-order valence-electron chi connectivity index (χ3n) is 6.02. The second kappa shape index (κ2) is 11.9. The number of hydrogen-bond acceptors (Lipinski definition) is 9. The summed E-state index contributed by atoms with van der Waals surface area (Å²) in [7, 11) is 0. The SMILES string of the molecule is C=Nc1ccccc1SCCc1c(C)nc(NCc2ncccn2)nc1N[C@H]1CCC(CO)C1. The average molecular weight is 478 g/mol. The molecule has 1 aliphatic rings. The first-order chi connectivity index (χ1) is 16.7. The molecule has 34 heavy (non-hydrogen) atoms. The van der Waals surface area contributed by atoms with E-state index in [1.165, 1.54) is 0 Å². The lowest BCUT2D eigenvalue weighted by molar-refractivity contribution is 0.229. The molecule has 3 aromatic rings. The molecular weight excluding hydrogens is 446 g/mol. The topological polar surface area (TPSA) is 108 Å². The van der Waals surface area contributed by atoms with E-state index in [0.717, 1.165) is 59.1 Å². The monoisotopic (exact) mass is 477 g/mol. The molecule has 2 atom stereocenters. The van der Waals surface area contributed by atoms with E-state index in [1.807, 2.05) is 25.1 Å². The van der Waals surface area contributed by atoms with Crippen LogP contribution in [0, 0.1) is 12.8 Å². The van der Waals surface area contributed by atoms with Gasteiger partial charge >= 0.3 is 0 Å². The lowest BCUT2D eigenvalue weighted by Crippen LogP contribution is -2.20. The first-order valence-electron chi connectivity index (χ1n) is 11.6. The summed E-state index contributed by atoms with van der Waals surface area (Å²) in [5, 5.41) is 16.5. The summed E-state index contributed by atoms with van der Waals surface area (Å²) in [6.07, 6.45) is 7.28. The molecule has 1 aromatic carbocycles. The van der Waals surface area contributed by atoms with Gasteiger partial charge in [0.05, 0.1) is 12.2 Å². The predicted molar refractivity (Wildman–Crippen MR) is 138 cm³/mol. The maximum atomic E-state index is 9.55. The van der Waals surface area contributed by atoms with E-state index < -0.39 is 0 Å². The highest BCUT2D eigenvalue weighted by Crippen LogP contribution is 2.32. The van der Waals surface area contributed by atoms with E-state index in [-0.39, 0.29) is 6.61 Å². The lowest BCUT2D eigenvalue weighted by atomic mass is 10.1. The van der Waals surface area contributed by atoms with Crippen LogP contribution in [0.5, 0.6) is 0 Å². The van der Waals surface area contributed by atoms with Gasteiger partial charge in [-0.2, -0.15) is 4.98 Å². The smallest absolute Gasteiger partial charge is 0.225 e. The molecule has 0 saturated heterocycles. The van der Waals surface area contributed by atoms with Gasteiger partial charge in [0.15, 0.2) is 0 Å². The molecule has 0 aliphatic heterocycles. The van der Waals surface area contributed by atoms with Crippen LogP contribution >= 0.6 is 11.8 Å². The van der Waals surface area contributed by atoms with Crippen molar-refractivity contribution in [1.82, 2.24) is 19.9 Å². The van der Waals surface area contributed by atoms with Gasteiger partial charge in [-0.05, 0) is 63.4 Å². The highest BCUT2D eigenvalue weighted by molar-refractivity contribution is 7.99. The van der Waals surface area contributed by atoms with Gasteiger partial charge in [-0.25, -0.2) is 15.0 Å². The van der Waals surface area contributed by atoms with Crippen molar-refractivity contribution in [2.45, 2.75) is 50.1 Å². The minimum absolute atomic E-state index is 0.241. The van der Waals surface area contributed by atoms with Crippen LogP contribution in [0.3, 0.4) is 0 Å². The van der Waals surface area contributed by atoms with Crippen molar-refractivity contribution in [2.24, 2.45) is 10.9 Å². The van der Waals surface area contributed by atoms with Crippen molar-refractivity contribution < 1.29 is 5.11 Å². The number of para-hydroxylation sites is 1. The maximum absolute atomic E-state index is 9.55. The Morgan fingerprint density at radius 3 is 2.74 bits per heavy atom. The van der Waals surface area contributed by atoms with Crippen LogP contribution in [0.25, 0.3) is 0 Å². The van der Waals surface area contributed by atoms with E-state index in [4.69, 9.17) is 9.97 Å². The molecule has 2 aromatic heterocycles. The van der Waals surface area contributed by atoms with Crippen molar-refractivity contribution in [2.75, 3.05) is 23.0 Å². The first kappa shape index (κ1) is 24.1. The quantitative estimate of drug-likeness (QED) is 0.275. The third kappa shape index (κ3) is 6.30. The molecule has 2 heterocycles. The molecule has 3 N–H and O–H groups in total. The van der Waals surface area contributed by atoms with Crippen molar-refractivity contribution >= 4 is 35.9 Å². The Hall–Kier alpha value is -3.04. The summed E-state index contributed by atoms with van der Waals surface area (Å²) in [5.74, 6) is 3.34. The van der Waals surface area contributed by atoms with Crippen LogP contribution in [0.1, 0.15) is 36.3 Å². The molecule has 8 nitrogen and oxygen atoms in total. The predicted octanol–water partition coefficient (Wildman–Crippen LogP) is 4.43. The largest absolute Gasteiger partial charge is 0.396 e. The molecule has 0 radical (unpaired) electrons. The zero-order valence-electron chi connectivity index (χ0n) is 19.4. The summed E-state index contributed by atoms with van der Waals surface area (Å²) in [6, 6.07) is 10.1. The number of aliphatic hydroxyl groups is 1. The molecule has 0 amide bonds. The Labute approximate surface area is 204 Å². The average Bonchev–Trinajstić information content (AvgIpc) is 3.33. The minimum Gasteiger partial charge on any atom is -0.396 e. The molecule has 1 aliphatic carbocycles. The second-order valence-corrected chi connectivity index (χ2v) is 9.54. The van der Waals surface area contributed by atoms with Gasteiger partial charge in [-0.1, -0.05) is 12.1 Å². The summed E-state index contributed by atoms with van der Waals surface area (Å²) in [4.78, 5) is 23.3. The number of thioether (sulfide) groups is 1. The molecule has 1 fully saturated rings. The third-order valence-corrected chi connectivity index (χ3v) is 7.09. The fourth-order valence-electron chi connectivity index (χ4n) is 4.21. The Kier molecular flexibility index (Phi) is 8.43. The van der Waals surface area contributed by atoms with Gasteiger partial charge < -0.3 is 15.7 Å². The fourth-order valence-corrected chi connectivity index (χ4v) is 5.19. The number of aliphatic hydroxyl groups excluding tert-OH is 1. The van der Waals surface area contributed by atoms with E-state index in [2.05, 4.69) is 38.4 Å². The van der Waals surface area contributed by atoms with Crippen molar-refractivity contribution in [3.05, 3.63) is 59.8 Å². The summed E-state index contributed by atoms with van der Waals surface area (Å²) >= 11 is 1.76. The molecule has 178 valence electrons. The zero-order chi connectivity index (χ0) is 23.8. The fraction of sp³-hybridized carbons (Fsp3) is 0.400. The van der Waals surface area contributed by atoms with Crippen LogP contribution < -0.4 is 10.6 Å². The molecule has 9 heteroatoms. The number of aromatic nitrogens is 4. The van der Waals surface area contributed by atoms with E-state index in [9.17, 15) is 5.11 Å². The number of anilines is 2. The van der Waals surface area contributed by atoms with E-state index in [0.29, 0.717) is 30.3 Å². The Morgan fingerprint density at radius 2 is 1.97 bits per heavy atom. The molecule has 0 bridgehead atoms. The van der Waals surface area contributed by atoms with Crippen molar-refractivity contribution in [3.8, 4) is 0 Å². The van der Waals surface area contributed by atoms with Gasteiger partial charge in [0.1, 0.15) is 11.6 Å². The highest BCUT2D eigenvalue weighted by Gasteiger charge is 2.25. The molecule has 4 rings (SSSR count). The summed E-state index contributed by atoms with van der Waals surface area (Å²) in [5.41, 5.74) is 2.97. The van der Waals surface area contributed by atoms with Crippen molar-refractivity contribution in [1.29, 1.82) is 0 Å². The molecule has 1 saturated carbocycles. The number of aryl methyl sites for hydroxylation is 1.